The number of ether oxygens (including phenoxy) is 3. The molecule has 0 spiro atoms. The van der Waals surface area contributed by atoms with Crippen molar-refractivity contribution in [2.24, 2.45) is 0 Å². The molecule has 4 nitrogen and oxygen atoms in total. The maximum atomic E-state index is 12.1. The lowest BCUT2D eigenvalue weighted by molar-refractivity contribution is 0.0678. The van der Waals surface area contributed by atoms with Gasteiger partial charge in [-0.3, -0.25) is 4.79 Å². The Balaban J connectivity index is 2.66. The first-order valence-electron chi connectivity index (χ1n) is 5.00. The highest BCUT2D eigenvalue weighted by molar-refractivity contribution is 6.09. The molecule has 0 N–H and O–H groups in total. The molecule has 1 aromatic carbocycles. The summed E-state index contributed by atoms with van der Waals surface area (Å²) in [6, 6.07) is 3.44. The van der Waals surface area contributed by atoms with Gasteiger partial charge in [-0.15, -0.1) is 0 Å². The smallest absolute Gasteiger partial charge is 0.213 e. The molecule has 1 aromatic rings. The zero-order valence-corrected chi connectivity index (χ0v) is 9.79. The van der Waals surface area contributed by atoms with Crippen LogP contribution < -0.4 is 14.2 Å². The van der Waals surface area contributed by atoms with Crippen LogP contribution in [0.25, 0.3) is 0 Å². The molecular formula is C12H14O4. The molecule has 2 rings (SSSR count). The monoisotopic (exact) mass is 222 g/mol. The lowest BCUT2D eigenvalue weighted by Crippen LogP contribution is -2.32. The summed E-state index contributed by atoms with van der Waals surface area (Å²) in [6.07, 6.45) is 0. The molecule has 0 atom stereocenters. The number of hydrogen-bond acceptors (Lipinski definition) is 4. The molecule has 0 aromatic heterocycles. The van der Waals surface area contributed by atoms with Crippen molar-refractivity contribution in [1.82, 2.24) is 0 Å². The van der Waals surface area contributed by atoms with Gasteiger partial charge >= 0.3 is 0 Å². The van der Waals surface area contributed by atoms with Gasteiger partial charge in [0.25, 0.3) is 0 Å². The topological polar surface area (TPSA) is 44.8 Å². The number of carbonyl (C=O) groups is 1. The second kappa shape index (κ2) is 3.40. The molecule has 16 heavy (non-hydrogen) atoms. The predicted molar refractivity (Wildman–Crippen MR) is 58.6 cm³/mol. The number of hydrogen-bond donors (Lipinski definition) is 0. The zero-order valence-electron chi connectivity index (χ0n) is 9.79. The van der Waals surface area contributed by atoms with E-state index in [4.69, 9.17) is 14.2 Å². The standard InChI is InChI=1S/C12H14O4/c1-12(2)11(13)9-7(14-3)5-6-8(15-4)10(9)16-12/h5-6H,1-4H3. The highest BCUT2D eigenvalue weighted by atomic mass is 16.5. The van der Waals surface area contributed by atoms with E-state index in [0.717, 1.165) is 0 Å². The second-order valence-corrected chi connectivity index (χ2v) is 4.12. The molecule has 1 heterocycles. The van der Waals surface area contributed by atoms with Crippen molar-refractivity contribution in [3.63, 3.8) is 0 Å². The summed E-state index contributed by atoms with van der Waals surface area (Å²) in [5, 5.41) is 0. The van der Waals surface area contributed by atoms with Gasteiger partial charge < -0.3 is 14.2 Å². The lowest BCUT2D eigenvalue weighted by Gasteiger charge is -2.15. The van der Waals surface area contributed by atoms with Crippen LogP contribution in [0.2, 0.25) is 0 Å². The van der Waals surface area contributed by atoms with E-state index >= 15 is 0 Å². The van der Waals surface area contributed by atoms with Crippen molar-refractivity contribution in [2.45, 2.75) is 19.4 Å². The molecule has 0 amide bonds. The fourth-order valence-corrected chi connectivity index (χ4v) is 1.80. The van der Waals surface area contributed by atoms with Crippen molar-refractivity contribution < 1.29 is 19.0 Å². The lowest BCUT2D eigenvalue weighted by atomic mass is 9.99. The molecule has 0 bridgehead atoms. The second-order valence-electron chi connectivity index (χ2n) is 4.12. The van der Waals surface area contributed by atoms with E-state index in [1.54, 1.807) is 33.1 Å². The Morgan fingerprint density at radius 3 is 2.25 bits per heavy atom. The largest absolute Gasteiger partial charge is 0.496 e. The number of carbonyl (C=O) groups excluding carboxylic acids is 1. The minimum Gasteiger partial charge on any atom is -0.496 e. The fraction of sp³-hybridized carbons (Fsp3) is 0.417. The van der Waals surface area contributed by atoms with Gasteiger partial charge in [-0.2, -0.15) is 0 Å². The highest BCUT2D eigenvalue weighted by Crippen LogP contribution is 2.46. The SMILES string of the molecule is COc1ccc(OC)c2c1OC(C)(C)C2=O. The Labute approximate surface area is 94.1 Å². The third-order valence-electron chi connectivity index (χ3n) is 2.65. The molecule has 1 aliphatic heterocycles. The molecule has 1 aliphatic rings. The number of rotatable bonds is 2. The third-order valence-corrected chi connectivity index (χ3v) is 2.65. The molecule has 0 saturated carbocycles. The molecule has 0 fully saturated rings. The van der Waals surface area contributed by atoms with Crippen LogP contribution in [0.3, 0.4) is 0 Å². The summed E-state index contributed by atoms with van der Waals surface area (Å²) in [4.78, 5) is 12.1. The van der Waals surface area contributed by atoms with Crippen molar-refractivity contribution in [3.05, 3.63) is 17.7 Å². The molecule has 4 heteroatoms. The zero-order chi connectivity index (χ0) is 11.9. The summed E-state index contributed by atoms with van der Waals surface area (Å²) >= 11 is 0. The molecule has 0 unspecified atom stereocenters. The number of methoxy groups -OCH3 is 2. The van der Waals surface area contributed by atoms with E-state index in [-0.39, 0.29) is 5.78 Å². The molecule has 0 radical (unpaired) electrons. The van der Waals surface area contributed by atoms with Crippen molar-refractivity contribution >= 4 is 5.78 Å². The van der Waals surface area contributed by atoms with Crippen LogP contribution in [0, 0.1) is 0 Å². The number of Topliss-reactive ketones (excluding diaryl/α,β-unsaturated/α-hetero) is 1. The predicted octanol–water partition coefficient (Wildman–Crippen LogP) is 2.06. The summed E-state index contributed by atoms with van der Waals surface area (Å²) in [5.74, 6) is 1.45. The summed E-state index contributed by atoms with van der Waals surface area (Å²) in [6.45, 7) is 3.46. The van der Waals surface area contributed by atoms with Crippen LogP contribution in [0.4, 0.5) is 0 Å². The van der Waals surface area contributed by atoms with Crippen LogP contribution in [0.5, 0.6) is 17.2 Å². The Hall–Kier alpha value is -1.71. The van der Waals surface area contributed by atoms with Gasteiger partial charge in [0, 0.05) is 0 Å². The number of benzene rings is 1. The minimum absolute atomic E-state index is 0.0850. The van der Waals surface area contributed by atoms with Crippen molar-refractivity contribution in [2.75, 3.05) is 14.2 Å². The third kappa shape index (κ3) is 1.33. The Morgan fingerprint density at radius 1 is 1.12 bits per heavy atom. The first-order valence-corrected chi connectivity index (χ1v) is 5.00. The summed E-state index contributed by atoms with van der Waals surface area (Å²) in [5.41, 5.74) is -0.392. The van der Waals surface area contributed by atoms with E-state index in [0.29, 0.717) is 22.8 Å². The average Bonchev–Trinajstić information content (AvgIpc) is 2.49. The van der Waals surface area contributed by atoms with Gasteiger partial charge in [-0.1, -0.05) is 0 Å². The first-order chi connectivity index (χ1) is 7.51. The van der Waals surface area contributed by atoms with Gasteiger partial charge in [-0.05, 0) is 26.0 Å². The Bertz CT molecular complexity index is 449. The quantitative estimate of drug-likeness (QED) is 0.768. The first kappa shape index (κ1) is 10.8. The fourth-order valence-electron chi connectivity index (χ4n) is 1.80. The molecule has 0 saturated heterocycles. The van der Waals surface area contributed by atoms with Gasteiger partial charge in [0.15, 0.2) is 17.1 Å². The summed E-state index contributed by atoms with van der Waals surface area (Å²) in [7, 11) is 3.07. The number of ketones is 1. The Morgan fingerprint density at radius 2 is 1.69 bits per heavy atom. The van der Waals surface area contributed by atoms with Gasteiger partial charge in [0.2, 0.25) is 5.78 Å². The molecule has 86 valence electrons. The minimum atomic E-state index is -0.857. The van der Waals surface area contributed by atoms with Crippen molar-refractivity contribution in [3.8, 4) is 17.2 Å². The normalized spacial score (nSPS) is 16.6. The average molecular weight is 222 g/mol. The van der Waals surface area contributed by atoms with Gasteiger partial charge in [0.05, 0.1) is 14.2 Å². The Kier molecular flexibility index (Phi) is 2.30. The van der Waals surface area contributed by atoms with E-state index in [2.05, 4.69) is 0 Å². The van der Waals surface area contributed by atoms with Crippen molar-refractivity contribution in [1.29, 1.82) is 0 Å². The molecular weight excluding hydrogens is 208 g/mol. The van der Waals surface area contributed by atoms with Crippen LogP contribution in [-0.4, -0.2) is 25.6 Å². The van der Waals surface area contributed by atoms with Crippen LogP contribution in [0.1, 0.15) is 24.2 Å². The highest BCUT2D eigenvalue weighted by Gasteiger charge is 2.43. The van der Waals surface area contributed by atoms with E-state index in [9.17, 15) is 4.79 Å². The van der Waals surface area contributed by atoms with Crippen LogP contribution in [-0.2, 0) is 0 Å². The van der Waals surface area contributed by atoms with E-state index in [1.807, 2.05) is 0 Å². The number of fused-ring (bicyclic) bond motifs is 1. The van der Waals surface area contributed by atoms with Gasteiger partial charge in [-0.25, -0.2) is 0 Å². The maximum Gasteiger partial charge on any atom is 0.213 e. The van der Waals surface area contributed by atoms with Gasteiger partial charge in [0.1, 0.15) is 11.3 Å². The maximum absolute atomic E-state index is 12.1. The summed E-state index contributed by atoms with van der Waals surface area (Å²) < 4.78 is 15.9. The van der Waals surface area contributed by atoms with E-state index in [1.165, 1.54) is 7.11 Å². The van der Waals surface area contributed by atoms with Crippen LogP contribution >= 0.6 is 0 Å². The van der Waals surface area contributed by atoms with E-state index < -0.39 is 5.60 Å². The molecule has 0 aliphatic carbocycles. The van der Waals surface area contributed by atoms with Crippen LogP contribution in [0.15, 0.2) is 12.1 Å².